The summed E-state index contributed by atoms with van der Waals surface area (Å²) in [5.74, 6) is -1.72. The molecule has 0 fully saturated rings. The van der Waals surface area contributed by atoms with Crippen molar-refractivity contribution >= 4 is 27.6 Å². The van der Waals surface area contributed by atoms with Crippen LogP contribution in [0.2, 0.25) is 0 Å². The van der Waals surface area contributed by atoms with Gasteiger partial charge >= 0.3 is 5.97 Å². The van der Waals surface area contributed by atoms with E-state index in [1.807, 2.05) is 31.2 Å². The van der Waals surface area contributed by atoms with Crippen molar-refractivity contribution in [1.29, 1.82) is 0 Å². The number of nitrogens with zero attached hydrogens (tertiary/aromatic N) is 1. The van der Waals surface area contributed by atoms with Crippen molar-refractivity contribution in [2.24, 2.45) is 0 Å². The fraction of sp³-hybridized carbons (Fsp3) is 0.188. The average Bonchev–Trinajstić information content (AvgIpc) is 2.43. The Morgan fingerprint density at radius 3 is 2.43 bits per heavy atom. The predicted molar refractivity (Wildman–Crippen MR) is 84.3 cm³/mol. The molecule has 0 aliphatic rings. The molecular formula is C16H15BrFNO2. The third kappa shape index (κ3) is 3.42. The standard InChI is InChI=1S/C16H15BrFNO2/c1-10-3-5-11(6-4-10)9-19(2)13-8-7-12(16(20)21)14(17)15(13)18/h3-8H,9H2,1-2H3,(H,20,21). The topological polar surface area (TPSA) is 40.5 Å². The number of aryl methyl sites for hydroxylation is 1. The zero-order valence-corrected chi connectivity index (χ0v) is 13.3. The minimum Gasteiger partial charge on any atom is -0.478 e. The molecule has 110 valence electrons. The smallest absolute Gasteiger partial charge is 0.336 e. The van der Waals surface area contributed by atoms with E-state index in [2.05, 4.69) is 15.9 Å². The number of rotatable bonds is 4. The lowest BCUT2D eigenvalue weighted by Crippen LogP contribution is -2.18. The first kappa shape index (κ1) is 15.5. The van der Waals surface area contributed by atoms with E-state index >= 15 is 0 Å². The van der Waals surface area contributed by atoms with E-state index < -0.39 is 11.8 Å². The summed E-state index contributed by atoms with van der Waals surface area (Å²) in [6.45, 7) is 2.55. The summed E-state index contributed by atoms with van der Waals surface area (Å²) in [4.78, 5) is 12.7. The molecule has 0 spiro atoms. The number of carbonyl (C=O) groups is 1. The molecule has 21 heavy (non-hydrogen) atoms. The molecule has 2 aromatic carbocycles. The van der Waals surface area contributed by atoms with Crippen molar-refractivity contribution in [3.8, 4) is 0 Å². The van der Waals surface area contributed by atoms with Crippen LogP contribution in [0, 0.1) is 12.7 Å². The van der Waals surface area contributed by atoms with Gasteiger partial charge in [0.25, 0.3) is 0 Å². The summed E-state index contributed by atoms with van der Waals surface area (Å²) < 4.78 is 14.3. The molecule has 0 aliphatic carbocycles. The highest BCUT2D eigenvalue weighted by Crippen LogP contribution is 2.29. The molecule has 0 saturated carbocycles. The molecule has 0 bridgehead atoms. The molecule has 0 amide bonds. The van der Waals surface area contributed by atoms with Crippen molar-refractivity contribution in [2.75, 3.05) is 11.9 Å². The monoisotopic (exact) mass is 351 g/mol. The molecular weight excluding hydrogens is 337 g/mol. The Labute approximate surface area is 131 Å². The fourth-order valence-electron chi connectivity index (χ4n) is 2.05. The van der Waals surface area contributed by atoms with E-state index in [1.54, 1.807) is 11.9 Å². The highest BCUT2D eigenvalue weighted by molar-refractivity contribution is 9.10. The van der Waals surface area contributed by atoms with Crippen LogP contribution in [0.5, 0.6) is 0 Å². The lowest BCUT2D eigenvalue weighted by molar-refractivity contribution is 0.0695. The molecule has 0 aliphatic heterocycles. The molecule has 5 heteroatoms. The van der Waals surface area contributed by atoms with Crippen LogP contribution in [-0.4, -0.2) is 18.1 Å². The van der Waals surface area contributed by atoms with Crippen LogP contribution in [0.4, 0.5) is 10.1 Å². The van der Waals surface area contributed by atoms with Crippen LogP contribution in [0.1, 0.15) is 21.5 Å². The third-order valence-electron chi connectivity index (χ3n) is 3.24. The van der Waals surface area contributed by atoms with Crippen LogP contribution in [0.15, 0.2) is 40.9 Å². The summed E-state index contributed by atoms with van der Waals surface area (Å²) in [6.07, 6.45) is 0. The quantitative estimate of drug-likeness (QED) is 0.895. The highest BCUT2D eigenvalue weighted by atomic mass is 79.9. The zero-order chi connectivity index (χ0) is 15.6. The number of hydrogen-bond acceptors (Lipinski definition) is 2. The largest absolute Gasteiger partial charge is 0.478 e. The second-order valence-corrected chi connectivity index (χ2v) is 5.70. The van der Waals surface area contributed by atoms with Crippen LogP contribution < -0.4 is 4.90 Å². The van der Waals surface area contributed by atoms with Crippen molar-refractivity contribution in [1.82, 2.24) is 0 Å². The van der Waals surface area contributed by atoms with E-state index in [1.165, 1.54) is 17.7 Å². The van der Waals surface area contributed by atoms with Gasteiger partial charge in [-0.05, 0) is 40.5 Å². The first-order valence-corrected chi connectivity index (χ1v) is 7.17. The summed E-state index contributed by atoms with van der Waals surface area (Å²) in [7, 11) is 1.77. The summed E-state index contributed by atoms with van der Waals surface area (Å²) in [5.41, 5.74) is 2.49. The number of hydrogen-bond donors (Lipinski definition) is 1. The Morgan fingerprint density at radius 2 is 1.86 bits per heavy atom. The Morgan fingerprint density at radius 1 is 1.24 bits per heavy atom. The molecule has 0 radical (unpaired) electrons. The van der Waals surface area contributed by atoms with Crippen molar-refractivity contribution in [2.45, 2.75) is 13.5 Å². The van der Waals surface area contributed by atoms with Gasteiger partial charge in [0.1, 0.15) is 0 Å². The second kappa shape index (κ2) is 6.26. The number of carboxylic acid groups (broad SMARTS) is 1. The van der Waals surface area contributed by atoms with Gasteiger partial charge in [-0.1, -0.05) is 29.8 Å². The maximum atomic E-state index is 14.3. The van der Waals surface area contributed by atoms with Crippen LogP contribution in [0.3, 0.4) is 0 Å². The van der Waals surface area contributed by atoms with Crippen LogP contribution in [-0.2, 0) is 6.54 Å². The summed E-state index contributed by atoms with van der Waals surface area (Å²) >= 11 is 3.01. The molecule has 2 aromatic rings. The molecule has 0 aromatic heterocycles. The van der Waals surface area contributed by atoms with Gasteiger partial charge in [0.15, 0.2) is 5.82 Å². The fourth-order valence-corrected chi connectivity index (χ4v) is 2.56. The third-order valence-corrected chi connectivity index (χ3v) is 4.02. The zero-order valence-electron chi connectivity index (χ0n) is 11.7. The van der Waals surface area contributed by atoms with Crippen LogP contribution in [0.25, 0.3) is 0 Å². The maximum Gasteiger partial charge on any atom is 0.336 e. The van der Waals surface area contributed by atoms with Gasteiger partial charge < -0.3 is 10.0 Å². The average molecular weight is 352 g/mol. The Hall–Kier alpha value is -1.88. The van der Waals surface area contributed by atoms with E-state index in [9.17, 15) is 9.18 Å². The number of benzene rings is 2. The van der Waals surface area contributed by atoms with Crippen molar-refractivity contribution in [3.05, 3.63) is 63.4 Å². The lowest BCUT2D eigenvalue weighted by atomic mass is 10.1. The minimum atomic E-state index is -1.16. The van der Waals surface area contributed by atoms with E-state index in [-0.39, 0.29) is 10.0 Å². The van der Waals surface area contributed by atoms with Gasteiger partial charge in [0.05, 0.1) is 15.7 Å². The predicted octanol–water partition coefficient (Wildman–Crippen LogP) is 4.23. The second-order valence-electron chi connectivity index (χ2n) is 4.91. The van der Waals surface area contributed by atoms with E-state index in [0.29, 0.717) is 12.2 Å². The number of carboxylic acids is 1. The molecule has 1 N–H and O–H groups in total. The molecule has 0 atom stereocenters. The Bertz CT molecular complexity index is 671. The first-order valence-electron chi connectivity index (χ1n) is 6.38. The summed E-state index contributed by atoms with van der Waals surface area (Å²) in [5, 5.41) is 8.97. The van der Waals surface area contributed by atoms with Gasteiger partial charge in [0, 0.05) is 13.6 Å². The lowest BCUT2D eigenvalue weighted by Gasteiger charge is -2.21. The molecule has 3 nitrogen and oxygen atoms in total. The molecule has 0 saturated heterocycles. The Balaban J connectivity index is 2.27. The SMILES string of the molecule is Cc1ccc(CN(C)c2ccc(C(=O)O)c(Br)c2F)cc1. The van der Waals surface area contributed by atoms with Gasteiger partial charge in [0.2, 0.25) is 0 Å². The number of aromatic carboxylic acids is 1. The van der Waals surface area contributed by atoms with Crippen LogP contribution >= 0.6 is 15.9 Å². The van der Waals surface area contributed by atoms with Crippen molar-refractivity contribution < 1.29 is 14.3 Å². The highest BCUT2D eigenvalue weighted by Gasteiger charge is 2.18. The number of halogens is 2. The molecule has 0 unspecified atom stereocenters. The van der Waals surface area contributed by atoms with Gasteiger partial charge in [-0.15, -0.1) is 0 Å². The van der Waals surface area contributed by atoms with Gasteiger partial charge in [-0.25, -0.2) is 9.18 Å². The van der Waals surface area contributed by atoms with E-state index in [4.69, 9.17) is 5.11 Å². The summed E-state index contributed by atoms with van der Waals surface area (Å²) in [6, 6.07) is 10.9. The first-order chi connectivity index (χ1) is 9.90. The normalized spacial score (nSPS) is 10.5. The van der Waals surface area contributed by atoms with Crippen molar-refractivity contribution in [3.63, 3.8) is 0 Å². The molecule has 0 heterocycles. The van der Waals surface area contributed by atoms with E-state index in [0.717, 1.165) is 5.56 Å². The Kier molecular flexibility index (Phi) is 4.63. The molecule has 2 rings (SSSR count). The minimum absolute atomic E-state index is 0.0248. The van der Waals surface area contributed by atoms with Gasteiger partial charge in [-0.3, -0.25) is 0 Å². The number of anilines is 1. The maximum absolute atomic E-state index is 14.3. The van der Waals surface area contributed by atoms with Gasteiger partial charge in [-0.2, -0.15) is 0 Å².